The standard InChI is InChI=1S/C15H20N2O/c18-13-4-6-17-9-11-7-12(15(17)8-13)10-16-5-2-1-3-14(11)16/h4,6,8,11-12,14H,1-3,5,7,9-10H2/t11-,12+,14+/m1/s1. The second kappa shape index (κ2) is 3.95. The molecule has 1 aromatic heterocycles. The third-order valence-corrected chi connectivity index (χ3v) is 5.14. The summed E-state index contributed by atoms with van der Waals surface area (Å²) in [5.41, 5.74) is 1.45. The van der Waals surface area contributed by atoms with Crippen molar-refractivity contribution in [2.24, 2.45) is 5.92 Å². The monoisotopic (exact) mass is 244 g/mol. The molecule has 0 amide bonds. The van der Waals surface area contributed by atoms with Crippen molar-refractivity contribution in [2.45, 2.75) is 44.2 Å². The topological polar surface area (TPSA) is 25.2 Å². The molecule has 3 atom stereocenters. The van der Waals surface area contributed by atoms with Gasteiger partial charge in [-0.25, -0.2) is 0 Å². The van der Waals surface area contributed by atoms with E-state index >= 15 is 0 Å². The summed E-state index contributed by atoms with van der Waals surface area (Å²) in [4.78, 5) is 14.3. The summed E-state index contributed by atoms with van der Waals surface area (Å²) in [6.45, 7) is 3.56. The highest BCUT2D eigenvalue weighted by Gasteiger charge is 2.41. The lowest BCUT2D eigenvalue weighted by atomic mass is 9.75. The molecule has 3 heteroatoms. The van der Waals surface area contributed by atoms with Crippen molar-refractivity contribution in [3.05, 3.63) is 34.2 Å². The largest absolute Gasteiger partial charge is 0.350 e. The molecular weight excluding hydrogens is 224 g/mol. The molecule has 4 heterocycles. The molecule has 2 bridgehead atoms. The van der Waals surface area contributed by atoms with Gasteiger partial charge in [-0.1, -0.05) is 6.42 Å². The Balaban J connectivity index is 1.74. The molecule has 0 aliphatic carbocycles. The smallest absolute Gasteiger partial charge is 0.181 e. The molecule has 2 saturated heterocycles. The number of aromatic nitrogens is 1. The van der Waals surface area contributed by atoms with Crippen LogP contribution in [0.2, 0.25) is 0 Å². The molecule has 0 radical (unpaired) electrons. The Hall–Kier alpha value is -1.09. The maximum Gasteiger partial charge on any atom is 0.181 e. The van der Waals surface area contributed by atoms with Crippen LogP contribution in [-0.4, -0.2) is 28.6 Å². The van der Waals surface area contributed by atoms with Crippen LogP contribution in [0.25, 0.3) is 0 Å². The Bertz CT molecular complexity index is 521. The van der Waals surface area contributed by atoms with Gasteiger partial charge in [0, 0.05) is 49.1 Å². The van der Waals surface area contributed by atoms with Crippen LogP contribution in [0, 0.1) is 5.92 Å². The summed E-state index contributed by atoms with van der Waals surface area (Å²) in [5, 5.41) is 0. The molecule has 3 nitrogen and oxygen atoms in total. The van der Waals surface area contributed by atoms with E-state index in [0.717, 1.165) is 18.5 Å². The molecule has 3 aliphatic rings. The molecule has 96 valence electrons. The van der Waals surface area contributed by atoms with Crippen molar-refractivity contribution in [3.63, 3.8) is 0 Å². The van der Waals surface area contributed by atoms with E-state index in [1.165, 1.54) is 44.5 Å². The van der Waals surface area contributed by atoms with Gasteiger partial charge in [0.1, 0.15) is 0 Å². The first-order valence-electron chi connectivity index (χ1n) is 7.26. The molecule has 0 saturated carbocycles. The van der Waals surface area contributed by atoms with E-state index in [-0.39, 0.29) is 5.43 Å². The van der Waals surface area contributed by atoms with Gasteiger partial charge in [-0.15, -0.1) is 0 Å². The number of hydrogen-bond acceptors (Lipinski definition) is 2. The zero-order valence-electron chi connectivity index (χ0n) is 10.7. The van der Waals surface area contributed by atoms with Crippen molar-refractivity contribution < 1.29 is 0 Å². The van der Waals surface area contributed by atoms with Crippen LogP contribution >= 0.6 is 0 Å². The van der Waals surface area contributed by atoms with Crippen LogP contribution in [0.5, 0.6) is 0 Å². The minimum atomic E-state index is 0.167. The molecule has 0 unspecified atom stereocenters. The van der Waals surface area contributed by atoms with Crippen LogP contribution in [0.15, 0.2) is 23.1 Å². The average molecular weight is 244 g/mol. The summed E-state index contributed by atoms with van der Waals surface area (Å²) in [5.74, 6) is 1.39. The molecule has 1 aromatic rings. The Morgan fingerprint density at radius 1 is 1.22 bits per heavy atom. The minimum absolute atomic E-state index is 0.167. The van der Waals surface area contributed by atoms with E-state index in [1.807, 2.05) is 12.3 Å². The van der Waals surface area contributed by atoms with Crippen molar-refractivity contribution in [2.75, 3.05) is 13.1 Å². The summed E-state index contributed by atoms with van der Waals surface area (Å²) in [6, 6.07) is 4.39. The van der Waals surface area contributed by atoms with Gasteiger partial charge in [0.05, 0.1) is 0 Å². The molecule has 18 heavy (non-hydrogen) atoms. The summed E-state index contributed by atoms with van der Waals surface area (Å²) >= 11 is 0. The van der Waals surface area contributed by atoms with Gasteiger partial charge in [0.25, 0.3) is 0 Å². The predicted molar refractivity (Wildman–Crippen MR) is 70.8 cm³/mol. The number of piperidine rings is 2. The normalized spacial score (nSPS) is 34.8. The SMILES string of the molecule is O=c1ccn2c(c1)[C@H]1C[C@H](C2)[C@@H]2CCCCN2C1. The molecule has 4 rings (SSSR count). The number of rotatable bonds is 0. The third kappa shape index (κ3) is 1.57. The Labute approximate surface area is 107 Å². The van der Waals surface area contributed by atoms with Crippen LogP contribution in [0.4, 0.5) is 0 Å². The van der Waals surface area contributed by atoms with Crippen LogP contribution < -0.4 is 5.43 Å². The van der Waals surface area contributed by atoms with E-state index in [1.54, 1.807) is 6.07 Å². The number of fused-ring (bicyclic) bond motifs is 6. The maximum absolute atomic E-state index is 11.6. The van der Waals surface area contributed by atoms with E-state index in [0.29, 0.717) is 5.92 Å². The number of nitrogens with zero attached hydrogens (tertiary/aromatic N) is 2. The average Bonchev–Trinajstić information content (AvgIpc) is 2.40. The molecule has 0 N–H and O–H groups in total. The lowest BCUT2D eigenvalue weighted by Gasteiger charge is -2.50. The van der Waals surface area contributed by atoms with Crippen LogP contribution in [0.3, 0.4) is 0 Å². The number of hydrogen-bond donors (Lipinski definition) is 0. The van der Waals surface area contributed by atoms with Crippen molar-refractivity contribution in [3.8, 4) is 0 Å². The van der Waals surface area contributed by atoms with Crippen molar-refractivity contribution in [1.82, 2.24) is 9.47 Å². The van der Waals surface area contributed by atoms with E-state index in [4.69, 9.17) is 0 Å². The zero-order chi connectivity index (χ0) is 12.1. The quantitative estimate of drug-likeness (QED) is 0.695. The second-order valence-electron chi connectivity index (χ2n) is 6.19. The fraction of sp³-hybridized carbons (Fsp3) is 0.667. The number of pyridine rings is 1. The van der Waals surface area contributed by atoms with Crippen LogP contribution in [-0.2, 0) is 6.54 Å². The molecule has 0 spiro atoms. The first kappa shape index (κ1) is 10.8. The molecule has 2 fully saturated rings. The highest BCUT2D eigenvalue weighted by atomic mass is 16.1. The lowest BCUT2D eigenvalue weighted by Crippen LogP contribution is -2.53. The molecular formula is C15H20N2O. The first-order chi connectivity index (χ1) is 8.81. The Morgan fingerprint density at radius 2 is 2.17 bits per heavy atom. The van der Waals surface area contributed by atoms with Crippen LogP contribution in [0.1, 0.15) is 37.3 Å². The molecule has 0 aromatic carbocycles. The summed E-state index contributed by atoms with van der Waals surface area (Å²) in [6.07, 6.45) is 7.45. The van der Waals surface area contributed by atoms with Crippen molar-refractivity contribution >= 4 is 0 Å². The van der Waals surface area contributed by atoms with Gasteiger partial charge in [-0.3, -0.25) is 9.69 Å². The van der Waals surface area contributed by atoms with E-state index in [2.05, 4.69) is 9.47 Å². The van der Waals surface area contributed by atoms with Gasteiger partial charge in [0.15, 0.2) is 5.43 Å². The molecule has 3 aliphatic heterocycles. The predicted octanol–water partition coefficient (Wildman–Crippen LogP) is 1.82. The Kier molecular flexibility index (Phi) is 2.37. The third-order valence-electron chi connectivity index (χ3n) is 5.14. The van der Waals surface area contributed by atoms with Crippen molar-refractivity contribution in [1.29, 1.82) is 0 Å². The fourth-order valence-electron chi connectivity index (χ4n) is 4.37. The van der Waals surface area contributed by atoms with E-state index < -0.39 is 0 Å². The summed E-state index contributed by atoms with van der Waals surface area (Å²) in [7, 11) is 0. The maximum atomic E-state index is 11.6. The zero-order valence-corrected chi connectivity index (χ0v) is 10.7. The van der Waals surface area contributed by atoms with Gasteiger partial charge >= 0.3 is 0 Å². The van der Waals surface area contributed by atoms with Gasteiger partial charge in [0.2, 0.25) is 0 Å². The van der Waals surface area contributed by atoms with Gasteiger partial charge < -0.3 is 4.57 Å². The van der Waals surface area contributed by atoms with E-state index in [9.17, 15) is 4.79 Å². The Morgan fingerprint density at radius 3 is 3.11 bits per heavy atom. The minimum Gasteiger partial charge on any atom is -0.350 e. The second-order valence-corrected chi connectivity index (χ2v) is 6.19. The fourth-order valence-corrected chi connectivity index (χ4v) is 4.37. The highest BCUT2D eigenvalue weighted by Crippen LogP contribution is 2.41. The highest BCUT2D eigenvalue weighted by molar-refractivity contribution is 5.18. The van der Waals surface area contributed by atoms with Gasteiger partial charge in [-0.2, -0.15) is 0 Å². The first-order valence-corrected chi connectivity index (χ1v) is 7.26. The summed E-state index contributed by atoms with van der Waals surface area (Å²) < 4.78 is 2.34. The van der Waals surface area contributed by atoms with Gasteiger partial charge in [-0.05, 0) is 31.7 Å². The lowest BCUT2D eigenvalue weighted by molar-refractivity contribution is 0.0255.